The molecule has 0 aromatic rings. The lowest BCUT2D eigenvalue weighted by molar-refractivity contribution is -0.143. The number of esters is 1. The van der Waals surface area contributed by atoms with Crippen LogP contribution in [0.4, 0.5) is 0 Å². The van der Waals surface area contributed by atoms with Crippen LogP contribution in [0.2, 0.25) is 0 Å². The van der Waals surface area contributed by atoms with Gasteiger partial charge in [0.15, 0.2) is 0 Å². The molecule has 6 heteroatoms. The van der Waals surface area contributed by atoms with Crippen molar-refractivity contribution in [3.8, 4) is 0 Å². The average Bonchev–Trinajstić information content (AvgIpc) is 3.24. The zero-order valence-electron chi connectivity index (χ0n) is 39.2. The number of hydrogen-bond acceptors (Lipinski definition) is 5. The van der Waals surface area contributed by atoms with Crippen LogP contribution in [-0.2, 0) is 14.3 Å². The third-order valence-corrected chi connectivity index (χ3v) is 11.7. The number of allylic oxidation sites excluding steroid dienone is 5. The van der Waals surface area contributed by atoms with Gasteiger partial charge in [-0.1, -0.05) is 230 Å². The quantitative estimate of drug-likeness (QED) is 0.0323. The van der Waals surface area contributed by atoms with Gasteiger partial charge >= 0.3 is 5.97 Å². The van der Waals surface area contributed by atoms with Gasteiger partial charge in [0.2, 0.25) is 5.91 Å². The minimum Gasteiger partial charge on any atom is -0.466 e. The SMILES string of the molecule is CCCC/C=C\C/C=C\CCCCCCCC(=O)OCCCCCCCCCCCCCCCCCCCCC(=O)NC(CO)C(O)/C=C/CCCCCCCCCC. The van der Waals surface area contributed by atoms with Crippen LogP contribution in [0.3, 0.4) is 0 Å². The lowest BCUT2D eigenvalue weighted by Crippen LogP contribution is -2.45. The summed E-state index contributed by atoms with van der Waals surface area (Å²) < 4.78 is 5.46. The van der Waals surface area contributed by atoms with Gasteiger partial charge < -0.3 is 20.3 Å². The molecule has 0 aromatic heterocycles. The second-order valence-corrected chi connectivity index (χ2v) is 17.5. The topological polar surface area (TPSA) is 95.9 Å². The highest BCUT2D eigenvalue weighted by Crippen LogP contribution is 2.16. The Bertz CT molecular complexity index is 962. The standard InChI is InChI=1S/C53H99NO5/c1-3-5-7-9-11-13-15-16-24-27-31-35-39-43-47-53(58)59-48-44-40-36-32-28-25-22-20-18-17-19-21-23-26-30-34-38-42-46-52(57)54-50(49-55)51(56)45-41-37-33-29-14-12-10-8-6-4-2/h9,11,15-16,41,45,50-51,55-56H,3-8,10,12-14,17-40,42-44,46-49H2,1-2H3,(H,54,57)/b11-9-,16-15-,45-41+. The molecule has 0 heterocycles. The number of hydrogen-bond donors (Lipinski definition) is 3. The Labute approximate surface area is 366 Å². The van der Waals surface area contributed by atoms with Crippen molar-refractivity contribution in [3.05, 3.63) is 36.5 Å². The summed E-state index contributed by atoms with van der Waals surface area (Å²) in [6, 6.07) is -0.629. The second kappa shape index (κ2) is 48.7. The lowest BCUT2D eigenvalue weighted by Gasteiger charge is -2.20. The average molecular weight is 830 g/mol. The molecular weight excluding hydrogens is 731 g/mol. The monoisotopic (exact) mass is 830 g/mol. The van der Waals surface area contributed by atoms with E-state index in [1.807, 2.05) is 6.08 Å². The third kappa shape index (κ3) is 45.4. The maximum atomic E-state index is 12.4. The molecule has 0 fully saturated rings. The number of rotatable bonds is 47. The van der Waals surface area contributed by atoms with Gasteiger partial charge in [0.1, 0.15) is 0 Å². The lowest BCUT2D eigenvalue weighted by atomic mass is 10.0. The van der Waals surface area contributed by atoms with Crippen molar-refractivity contribution in [2.75, 3.05) is 13.2 Å². The molecule has 59 heavy (non-hydrogen) atoms. The summed E-state index contributed by atoms with van der Waals surface area (Å²) in [5.41, 5.74) is 0. The zero-order valence-corrected chi connectivity index (χ0v) is 39.2. The Morgan fingerprint density at radius 3 is 1.34 bits per heavy atom. The van der Waals surface area contributed by atoms with Gasteiger partial charge in [0.25, 0.3) is 0 Å². The number of carbonyl (C=O) groups is 2. The molecule has 0 aromatic carbocycles. The van der Waals surface area contributed by atoms with Crippen molar-refractivity contribution >= 4 is 11.9 Å². The van der Waals surface area contributed by atoms with Crippen molar-refractivity contribution in [3.63, 3.8) is 0 Å². The first-order valence-corrected chi connectivity index (χ1v) is 25.8. The van der Waals surface area contributed by atoms with E-state index in [9.17, 15) is 19.8 Å². The minimum absolute atomic E-state index is 0.00898. The number of aliphatic hydroxyl groups excluding tert-OH is 2. The molecule has 2 unspecified atom stereocenters. The van der Waals surface area contributed by atoms with Crippen LogP contribution in [-0.4, -0.2) is 47.4 Å². The molecule has 2 atom stereocenters. The molecule has 3 N–H and O–H groups in total. The number of nitrogens with one attached hydrogen (secondary N) is 1. The highest BCUT2D eigenvalue weighted by atomic mass is 16.5. The molecule has 6 nitrogen and oxygen atoms in total. The molecule has 0 saturated heterocycles. The van der Waals surface area contributed by atoms with Crippen LogP contribution in [0.5, 0.6) is 0 Å². The van der Waals surface area contributed by atoms with Gasteiger partial charge in [-0.3, -0.25) is 9.59 Å². The summed E-state index contributed by atoms with van der Waals surface area (Å²) in [4.78, 5) is 24.4. The molecule has 1 amide bonds. The zero-order chi connectivity index (χ0) is 43.0. The van der Waals surface area contributed by atoms with E-state index in [4.69, 9.17) is 4.74 Å². The molecule has 346 valence electrons. The third-order valence-electron chi connectivity index (χ3n) is 11.7. The maximum absolute atomic E-state index is 12.4. The van der Waals surface area contributed by atoms with Gasteiger partial charge in [0.05, 0.1) is 25.4 Å². The van der Waals surface area contributed by atoms with E-state index in [-0.39, 0.29) is 18.5 Å². The van der Waals surface area contributed by atoms with Gasteiger partial charge in [-0.2, -0.15) is 0 Å². The van der Waals surface area contributed by atoms with Gasteiger partial charge in [-0.25, -0.2) is 0 Å². The Kier molecular flexibility index (Phi) is 47.2. The van der Waals surface area contributed by atoms with Crippen LogP contribution < -0.4 is 5.32 Å². The first-order chi connectivity index (χ1) is 29.0. The fourth-order valence-electron chi connectivity index (χ4n) is 7.65. The Morgan fingerprint density at radius 2 is 0.864 bits per heavy atom. The molecule has 0 saturated carbocycles. The van der Waals surface area contributed by atoms with E-state index >= 15 is 0 Å². The number of unbranched alkanes of at least 4 members (excludes halogenated alkanes) is 32. The van der Waals surface area contributed by atoms with Crippen molar-refractivity contribution in [1.82, 2.24) is 5.32 Å². The molecule has 0 radical (unpaired) electrons. The molecule has 0 spiro atoms. The van der Waals surface area contributed by atoms with Crippen LogP contribution in [0.15, 0.2) is 36.5 Å². The van der Waals surface area contributed by atoms with Crippen molar-refractivity contribution in [2.45, 2.75) is 276 Å². The van der Waals surface area contributed by atoms with Crippen molar-refractivity contribution in [1.29, 1.82) is 0 Å². The predicted molar refractivity (Wildman–Crippen MR) is 255 cm³/mol. The molecule has 0 rings (SSSR count). The normalized spacial score (nSPS) is 12.9. The van der Waals surface area contributed by atoms with E-state index in [2.05, 4.69) is 43.5 Å². The number of aliphatic hydroxyl groups is 2. The summed E-state index contributed by atoms with van der Waals surface area (Å²) in [5.74, 6) is -0.0840. The van der Waals surface area contributed by atoms with E-state index in [0.717, 1.165) is 51.4 Å². The van der Waals surface area contributed by atoms with Crippen LogP contribution in [0.1, 0.15) is 264 Å². The van der Waals surface area contributed by atoms with Gasteiger partial charge in [0, 0.05) is 12.8 Å². The molecular formula is C53H99NO5. The summed E-state index contributed by atoms with van der Waals surface area (Å²) in [6.45, 7) is 4.82. The minimum atomic E-state index is -0.845. The van der Waals surface area contributed by atoms with Crippen LogP contribution in [0.25, 0.3) is 0 Å². The summed E-state index contributed by atoms with van der Waals surface area (Å²) in [5, 5.41) is 22.9. The van der Waals surface area contributed by atoms with Gasteiger partial charge in [-0.15, -0.1) is 0 Å². The highest BCUT2D eigenvalue weighted by Gasteiger charge is 2.18. The highest BCUT2D eigenvalue weighted by molar-refractivity contribution is 5.76. The van der Waals surface area contributed by atoms with E-state index in [1.165, 1.54) is 186 Å². The summed E-state index contributed by atoms with van der Waals surface area (Å²) >= 11 is 0. The molecule has 0 aliphatic carbocycles. The van der Waals surface area contributed by atoms with Crippen LogP contribution in [0, 0.1) is 0 Å². The number of amides is 1. The van der Waals surface area contributed by atoms with Gasteiger partial charge in [-0.05, 0) is 57.8 Å². The molecule has 0 aliphatic rings. The number of carbonyl (C=O) groups excluding carboxylic acids is 2. The fraction of sp³-hybridized carbons (Fsp3) is 0.849. The maximum Gasteiger partial charge on any atom is 0.305 e. The Hall–Kier alpha value is -1.92. The second-order valence-electron chi connectivity index (χ2n) is 17.5. The molecule has 0 aliphatic heterocycles. The smallest absolute Gasteiger partial charge is 0.305 e. The van der Waals surface area contributed by atoms with E-state index in [0.29, 0.717) is 19.4 Å². The van der Waals surface area contributed by atoms with Crippen molar-refractivity contribution < 1.29 is 24.5 Å². The molecule has 0 bridgehead atoms. The van der Waals surface area contributed by atoms with Crippen molar-refractivity contribution in [2.24, 2.45) is 0 Å². The Morgan fingerprint density at radius 1 is 0.475 bits per heavy atom. The number of ether oxygens (including phenoxy) is 1. The largest absolute Gasteiger partial charge is 0.466 e. The Balaban J connectivity index is 3.42. The summed E-state index contributed by atoms with van der Waals surface area (Å²) in [6.07, 6.45) is 58.6. The first-order valence-electron chi connectivity index (χ1n) is 25.8. The predicted octanol–water partition coefficient (Wildman–Crippen LogP) is 15.3. The summed E-state index contributed by atoms with van der Waals surface area (Å²) in [7, 11) is 0. The fourth-order valence-corrected chi connectivity index (χ4v) is 7.65. The first kappa shape index (κ1) is 57.1. The van der Waals surface area contributed by atoms with Crippen LogP contribution >= 0.6 is 0 Å². The van der Waals surface area contributed by atoms with E-state index < -0.39 is 12.1 Å². The van der Waals surface area contributed by atoms with E-state index in [1.54, 1.807) is 6.08 Å².